The zero-order valence-corrected chi connectivity index (χ0v) is 22.3. The number of ether oxygens (including phenoxy) is 1. The van der Waals surface area contributed by atoms with Crippen LogP contribution in [0.3, 0.4) is 0 Å². The molecule has 0 bridgehead atoms. The molecule has 0 fully saturated rings. The van der Waals surface area contributed by atoms with Gasteiger partial charge in [0.25, 0.3) is 0 Å². The molecule has 2 aromatic carbocycles. The lowest BCUT2D eigenvalue weighted by atomic mass is 10.0. The molecule has 0 spiro atoms. The fraction of sp³-hybridized carbons (Fsp3) is 0.385. The Morgan fingerprint density at radius 3 is 2.47 bits per heavy atom. The highest BCUT2D eigenvalue weighted by atomic mass is 32.2. The molecule has 0 saturated heterocycles. The molecule has 0 unspecified atom stereocenters. The predicted octanol–water partition coefficient (Wildman–Crippen LogP) is 4.24. The number of aliphatic hydroxyl groups excluding tert-OH is 1. The lowest BCUT2D eigenvalue weighted by Gasteiger charge is -2.13. The van der Waals surface area contributed by atoms with E-state index in [0.29, 0.717) is 35.0 Å². The lowest BCUT2D eigenvalue weighted by Crippen LogP contribution is -2.16. The van der Waals surface area contributed by atoms with E-state index in [-0.39, 0.29) is 18.1 Å². The predicted molar refractivity (Wildman–Crippen MR) is 142 cm³/mol. The van der Waals surface area contributed by atoms with Gasteiger partial charge in [-0.1, -0.05) is 55.8 Å². The van der Waals surface area contributed by atoms with Gasteiger partial charge >= 0.3 is 5.97 Å². The molecule has 194 valence electrons. The average molecular weight is 532 g/mol. The number of sulfonamides is 1. The van der Waals surface area contributed by atoms with Crippen molar-refractivity contribution in [3.63, 3.8) is 0 Å². The van der Waals surface area contributed by atoms with Crippen LogP contribution < -0.4 is 5.14 Å². The summed E-state index contributed by atoms with van der Waals surface area (Å²) >= 11 is 1.45. The average Bonchev–Trinajstić information content (AvgIpc) is 3.19. The Bertz CT molecular complexity index is 1270. The number of carbonyl (C=O) groups is 1. The first-order valence-electron chi connectivity index (χ1n) is 12.0. The van der Waals surface area contributed by atoms with Crippen LogP contribution in [-0.2, 0) is 27.7 Å². The van der Waals surface area contributed by atoms with E-state index in [9.17, 15) is 18.3 Å². The van der Waals surface area contributed by atoms with E-state index >= 15 is 0 Å². The van der Waals surface area contributed by atoms with Gasteiger partial charge in [0.2, 0.25) is 10.0 Å². The molecule has 8 nitrogen and oxygen atoms in total. The summed E-state index contributed by atoms with van der Waals surface area (Å²) in [6.07, 6.45) is 3.25. The number of aliphatic hydroxyl groups is 1. The van der Waals surface area contributed by atoms with Gasteiger partial charge in [-0.2, -0.15) is 0 Å². The first kappa shape index (κ1) is 27.9. The number of imidazole rings is 1. The van der Waals surface area contributed by atoms with Gasteiger partial charge in [0, 0.05) is 30.9 Å². The van der Waals surface area contributed by atoms with Crippen molar-refractivity contribution in [2.24, 2.45) is 5.14 Å². The van der Waals surface area contributed by atoms with Gasteiger partial charge < -0.3 is 14.4 Å². The van der Waals surface area contributed by atoms with E-state index < -0.39 is 16.0 Å². The Labute approximate surface area is 216 Å². The van der Waals surface area contributed by atoms with Gasteiger partial charge in [0.1, 0.15) is 10.9 Å². The molecule has 0 atom stereocenters. The molecule has 0 aliphatic rings. The molecule has 0 radical (unpaired) electrons. The van der Waals surface area contributed by atoms with Gasteiger partial charge in [0.15, 0.2) is 5.69 Å². The van der Waals surface area contributed by atoms with Crippen molar-refractivity contribution >= 4 is 27.8 Å². The van der Waals surface area contributed by atoms with E-state index in [0.717, 1.165) is 36.2 Å². The molecule has 3 N–H and O–H groups in total. The van der Waals surface area contributed by atoms with Gasteiger partial charge in [0.05, 0.1) is 11.5 Å². The first-order chi connectivity index (χ1) is 17.3. The zero-order valence-electron chi connectivity index (χ0n) is 20.6. The maximum atomic E-state index is 13.0. The number of rotatable bonds is 13. The molecular weight excluding hydrogens is 498 g/mol. The molecule has 0 amide bonds. The zero-order chi connectivity index (χ0) is 26.1. The minimum absolute atomic E-state index is 0.0726. The number of nitrogens with two attached hydrogens (primary N) is 1. The number of benzene rings is 2. The van der Waals surface area contributed by atoms with E-state index in [1.54, 1.807) is 25.1 Å². The number of carbonyl (C=O) groups excluding carboxylic acids is 1. The smallest absolute Gasteiger partial charge is 0.357 e. The Hall–Kier alpha value is -2.66. The monoisotopic (exact) mass is 531 g/mol. The SMILES string of the molecule is CCCCc1nc(SCCCO)c(C(=O)OCC)n1Cc1ccc(-c2ccccc2S(N)(=O)=O)cc1. The third kappa shape index (κ3) is 6.97. The van der Waals surface area contributed by atoms with Crippen LogP contribution in [0.2, 0.25) is 0 Å². The van der Waals surface area contributed by atoms with Crippen molar-refractivity contribution < 1.29 is 23.1 Å². The first-order valence-corrected chi connectivity index (χ1v) is 14.5. The standard InChI is InChI=1S/C26H33N3O5S2/c1-3-5-11-23-28-25(35-17-8-16-30)24(26(31)34-4-2)29(23)18-19-12-14-20(15-13-19)21-9-6-7-10-22(21)36(27,32)33/h6-7,9-10,12-15,30H,3-5,8,11,16-18H2,1-2H3,(H2,27,32,33). The lowest BCUT2D eigenvalue weighted by molar-refractivity contribution is 0.0509. The molecule has 1 aromatic heterocycles. The molecule has 10 heteroatoms. The molecular formula is C26H33N3O5S2. The van der Waals surface area contributed by atoms with Gasteiger partial charge in [-0.3, -0.25) is 0 Å². The number of aryl methyl sites for hydroxylation is 1. The maximum absolute atomic E-state index is 13.0. The fourth-order valence-corrected chi connectivity index (χ4v) is 5.56. The highest BCUT2D eigenvalue weighted by Gasteiger charge is 2.24. The molecule has 0 saturated carbocycles. The highest BCUT2D eigenvalue weighted by molar-refractivity contribution is 7.99. The van der Waals surface area contributed by atoms with Crippen molar-refractivity contribution in [2.75, 3.05) is 19.0 Å². The van der Waals surface area contributed by atoms with Crippen LogP contribution in [0.25, 0.3) is 11.1 Å². The van der Waals surface area contributed by atoms with E-state index in [2.05, 4.69) is 6.92 Å². The largest absolute Gasteiger partial charge is 0.461 e. The summed E-state index contributed by atoms with van der Waals surface area (Å²) < 4.78 is 31.3. The van der Waals surface area contributed by atoms with Gasteiger partial charge in [-0.05, 0) is 37.0 Å². The summed E-state index contributed by atoms with van der Waals surface area (Å²) in [5.41, 5.74) is 2.62. The van der Waals surface area contributed by atoms with Crippen LogP contribution in [0.4, 0.5) is 0 Å². The summed E-state index contributed by atoms with van der Waals surface area (Å²) in [5.74, 6) is 1.04. The van der Waals surface area contributed by atoms with Gasteiger partial charge in [-0.25, -0.2) is 23.3 Å². The quantitative estimate of drug-likeness (QED) is 0.192. The molecule has 0 aliphatic carbocycles. The van der Waals surface area contributed by atoms with Crippen LogP contribution >= 0.6 is 11.8 Å². The minimum Gasteiger partial charge on any atom is -0.461 e. The Morgan fingerprint density at radius 1 is 1.11 bits per heavy atom. The van der Waals surface area contributed by atoms with Crippen molar-refractivity contribution in [1.82, 2.24) is 9.55 Å². The molecule has 36 heavy (non-hydrogen) atoms. The van der Waals surface area contributed by atoms with Crippen molar-refractivity contribution in [2.45, 2.75) is 56.0 Å². The normalized spacial score (nSPS) is 11.6. The summed E-state index contributed by atoms with van der Waals surface area (Å²) in [6, 6.07) is 14.1. The number of primary sulfonamides is 1. The number of hydrogen-bond acceptors (Lipinski definition) is 7. The second-order valence-corrected chi connectivity index (χ2v) is 10.9. The Morgan fingerprint density at radius 2 is 1.83 bits per heavy atom. The van der Waals surface area contributed by atoms with E-state index in [4.69, 9.17) is 14.9 Å². The summed E-state index contributed by atoms with van der Waals surface area (Å²) in [7, 11) is -3.86. The van der Waals surface area contributed by atoms with Crippen molar-refractivity contribution in [3.8, 4) is 11.1 Å². The third-order valence-electron chi connectivity index (χ3n) is 5.58. The molecule has 3 rings (SSSR count). The highest BCUT2D eigenvalue weighted by Crippen LogP contribution is 2.29. The van der Waals surface area contributed by atoms with Gasteiger partial charge in [-0.15, -0.1) is 11.8 Å². The Kier molecular flexibility index (Phi) is 10.1. The fourth-order valence-electron chi connectivity index (χ4n) is 3.83. The number of esters is 1. The summed E-state index contributed by atoms with van der Waals surface area (Å²) in [6.45, 7) is 4.62. The summed E-state index contributed by atoms with van der Waals surface area (Å²) in [5, 5.41) is 15.2. The molecule has 0 aliphatic heterocycles. The molecule has 1 heterocycles. The second-order valence-electron chi connectivity index (χ2n) is 8.26. The number of unbranched alkanes of at least 4 members (excludes halogenated alkanes) is 1. The number of thioether (sulfide) groups is 1. The summed E-state index contributed by atoms with van der Waals surface area (Å²) in [4.78, 5) is 17.8. The van der Waals surface area contributed by atoms with E-state index in [1.165, 1.54) is 17.8 Å². The Balaban J connectivity index is 1.99. The number of nitrogens with zero attached hydrogens (tertiary/aromatic N) is 2. The van der Waals surface area contributed by atoms with Crippen LogP contribution in [0.15, 0.2) is 58.5 Å². The molecule has 3 aromatic rings. The van der Waals surface area contributed by atoms with Crippen molar-refractivity contribution in [3.05, 3.63) is 65.6 Å². The topological polar surface area (TPSA) is 125 Å². The van der Waals surface area contributed by atoms with Crippen LogP contribution in [0.1, 0.15) is 55.0 Å². The van der Waals surface area contributed by atoms with Crippen LogP contribution in [0, 0.1) is 0 Å². The number of hydrogen-bond donors (Lipinski definition) is 2. The third-order valence-corrected chi connectivity index (χ3v) is 7.60. The van der Waals surface area contributed by atoms with E-state index in [1.807, 2.05) is 28.8 Å². The van der Waals surface area contributed by atoms with Crippen LogP contribution in [-0.4, -0.2) is 48.0 Å². The minimum atomic E-state index is -3.86. The van der Waals surface area contributed by atoms with Crippen molar-refractivity contribution in [1.29, 1.82) is 0 Å². The maximum Gasteiger partial charge on any atom is 0.357 e. The number of aromatic nitrogens is 2. The second kappa shape index (κ2) is 13.0. The van der Waals surface area contributed by atoms with Crippen LogP contribution in [0.5, 0.6) is 0 Å².